The Kier molecular flexibility index (Phi) is 3.14. The van der Waals surface area contributed by atoms with E-state index in [1.165, 1.54) is 6.92 Å². The Balaban J connectivity index is 2.13. The molecule has 0 bridgehead atoms. The van der Waals surface area contributed by atoms with Crippen LogP contribution < -0.4 is 5.32 Å². The summed E-state index contributed by atoms with van der Waals surface area (Å²) < 4.78 is 22.6. The summed E-state index contributed by atoms with van der Waals surface area (Å²) in [5, 5.41) is 2.13. The van der Waals surface area contributed by atoms with Gasteiger partial charge in [-0.3, -0.25) is 19.7 Å². The first-order chi connectivity index (χ1) is 8.30. The molecule has 100 valence electrons. The Morgan fingerprint density at radius 2 is 2.06 bits per heavy atom. The molecule has 2 aliphatic rings. The summed E-state index contributed by atoms with van der Waals surface area (Å²) in [7, 11) is -3.16. The number of sulfone groups is 1. The fourth-order valence-electron chi connectivity index (χ4n) is 2.21. The van der Waals surface area contributed by atoms with Gasteiger partial charge in [0.05, 0.1) is 17.4 Å². The summed E-state index contributed by atoms with van der Waals surface area (Å²) in [6.45, 7) is 1.32. The van der Waals surface area contributed by atoms with Crippen molar-refractivity contribution in [3.05, 3.63) is 0 Å². The second-order valence-electron chi connectivity index (χ2n) is 4.65. The van der Waals surface area contributed by atoms with Crippen LogP contribution in [0.15, 0.2) is 0 Å². The zero-order chi connectivity index (χ0) is 13.5. The fourth-order valence-corrected chi connectivity index (χ4v) is 3.94. The van der Waals surface area contributed by atoms with Gasteiger partial charge in [-0.1, -0.05) is 0 Å². The lowest BCUT2D eigenvalue weighted by Crippen LogP contribution is -2.59. The highest BCUT2D eigenvalue weighted by Gasteiger charge is 2.40. The minimum absolute atomic E-state index is 0.00816. The number of carbonyl (C=O) groups is 3. The lowest BCUT2D eigenvalue weighted by atomic mass is 10.1. The molecule has 7 nitrogen and oxygen atoms in total. The largest absolute Gasteiger partial charge is 0.321 e. The van der Waals surface area contributed by atoms with Crippen molar-refractivity contribution in [1.29, 1.82) is 0 Å². The van der Waals surface area contributed by atoms with Gasteiger partial charge >= 0.3 is 0 Å². The van der Waals surface area contributed by atoms with Crippen LogP contribution in [-0.2, 0) is 24.2 Å². The molecule has 0 aromatic carbocycles. The topological polar surface area (TPSA) is 101 Å². The highest BCUT2D eigenvalue weighted by atomic mass is 32.2. The molecular weight excluding hydrogens is 260 g/mol. The average molecular weight is 274 g/mol. The normalized spacial score (nSPS) is 31.3. The van der Waals surface area contributed by atoms with Gasteiger partial charge < -0.3 is 4.90 Å². The van der Waals surface area contributed by atoms with Gasteiger partial charge in [0.25, 0.3) is 0 Å². The third kappa shape index (κ3) is 2.38. The maximum absolute atomic E-state index is 12.1. The van der Waals surface area contributed by atoms with E-state index in [0.717, 1.165) is 4.90 Å². The highest BCUT2D eigenvalue weighted by molar-refractivity contribution is 7.91. The third-order valence-corrected chi connectivity index (χ3v) is 5.06. The monoisotopic (exact) mass is 274 g/mol. The lowest BCUT2D eigenvalue weighted by Gasteiger charge is -2.33. The molecule has 3 amide bonds. The number of amides is 3. The van der Waals surface area contributed by atoms with Gasteiger partial charge in [0.1, 0.15) is 12.6 Å². The molecule has 2 atom stereocenters. The summed E-state index contributed by atoms with van der Waals surface area (Å²) in [4.78, 5) is 35.9. The van der Waals surface area contributed by atoms with Crippen LogP contribution in [0.2, 0.25) is 0 Å². The van der Waals surface area contributed by atoms with E-state index in [0.29, 0.717) is 0 Å². The van der Waals surface area contributed by atoms with Gasteiger partial charge in [0.2, 0.25) is 17.7 Å². The molecule has 0 aliphatic carbocycles. The molecule has 0 spiro atoms. The molecule has 2 heterocycles. The van der Waals surface area contributed by atoms with E-state index in [-0.39, 0.29) is 24.5 Å². The van der Waals surface area contributed by atoms with Gasteiger partial charge in [-0.05, 0) is 13.3 Å². The standard InChI is InChI=1S/C10H14N2O5S/c1-6-9(14)11-8(13)4-12(6)10(15)7-2-3-18(16,17)5-7/h6-7H,2-5H2,1H3,(H,11,13,14). The molecule has 0 aromatic heterocycles. The minimum Gasteiger partial charge on any atom is -0.321 e. The molecular formula is C10H14N2O5S. The summed E-state index contributed by atoms with van der Waals surface area (Å²) >= 11 is 0. The van der Waals surface area contributed by atoms with Gasteiger partial charge in [-0.25, -0.2) is 8.42 Å². The van der Waals surface area contributed by atoms with Crippen molar-refractivity contribution in [2.45, 2.75) is 19.4 Å². The van der Waals surface area contributed by atoms with Crippen LogP contribution in [0.5, 0.6) is 0 Å². The van der Waals surface area contributed by atoms with Crippen LogP contribution in [0, 0.1) is 5.92 Å². The molecule has 2 saturated heterocycles. The van der Waals surface area contributed by atoms with Crippen molar-refractivity contribution in [2.75, 3.05) is 18.1 Å². The van der Waals surface area contributed by atoms with E-state index >= 15 is 0 Å². The third-order valence-electron chi connectivity index (χ3n) is 3.29. The van der Waals surface area contributed by atoms with E-state index < -0.39 is 39.5 Å². The number of carbonyl (C=O) groups excluding carboxylic acids is 3. The van der Waals surface area contributed by atoms with Crippen LogP contribution in [-0.4, -0.2) is 55.1 Å². The Morgan fingerprint density at radius 3 is 2.61 bits per heavy atom. The maximum Gasteiger partial charge on any atom is 0.249 e. The van der Waals surface area contributed by atoms with Crippen molar-refractivity contribution in [3.63, 3.8) is 0 Å². The van der Waals surface area contributed by atoms with E-state index in [9.17, 15) is 22.8 Å². The number of hydrogen-bond acceptors (Lipinski definition) is 5. The molecule has 2 rings (SSSR count). The fraction of sp³-hybridized carbons (Fsp3) is 0.700. The predicted octanol–water partition coefficient (Wildman–Crippen LogP) is -1.71. The van der Waals surface area contributed by atoms with E-state index in [1.807, 2.05) is 0 Å². The summed E-state index contributed by atoms with van der Waals surface area (Å²) in [6, 6.07) is -0.737. The molecule has 2 fully saturated rings. The smallest absolute Gasteiger partial charge is 0.249 e. The molecule has 1 N–H and O–H groups in total. The molecule has 0 radical (unpaired) electrons. The highest BCUT2D eigenvalue weighted by Crippen LogP contribution is 2.22. The van der Waals surface area contributed by atoms with Gasteiger partial charge in [-0.2, -0.15) is 0 Å². The molecule has 18 heavy (non-hydrogen) atoms. The number of nitrogens with zero attached hydrogens (tertiary/aromatic N) is 1. The van der Waals surface area contributed by atoms with Crippen molar-refractivity contribution in [3.8, 4) is 0 Å². The average Bonchev–Trinajstić information content (AvgIpc) is 2.63. The number of nitrogens with one attached hydrogen (secondary N) is 1. The quantitative estimate of drug-likeness (QED) is 0.574. The van der Waals surface area contributed by atoms with Gasteiger partial charge in [0, 0.05) is 0 Å². The second-order valence-corrected chi connectivity index (χ2v) is 6.88. The maximum atomic E-state index is 12.1. The zero-order valence-electron chi connectivity index (χ0n) is 9.88. The summed E-state index contributed by atoms with van der Waals surface area (Å²) in [5.41, 5.74) is 0. The Labute approximate surface area is 104 Å². The Bertz CT molecular complexity index is 512. The van der Waals surface area contributed by atoms with Crippen LogP contribution >= 0.6 is 0 Å². The molecule has 2 unspecified atom stereocenters. The predicted molar refractivity (Wildman–Crippen MR) is 61.1 cm³/mol. The summed E-state index contributed by atoms with van der Waals surface area (Å²) in [5.74, 6) is -2.31. The van der Waals surface area contributed by atoms with Crippen LogP contribution in [0.3, 0.4) is 0 Å². The Morgan fingerprint density at radius 1 is 1.39 bits per heavy atom. The second kappa shape index (κ2) is 4.34. The van der Waals surface area contributed by atoms with Crippen LogP contribution in [0.25, 0.3) is 0 Å². The number of piperazine rings is 1. The summed E-state index contributed by atoms with van der Waals surface area (Å²) in [6.07, 6.45) is 0.264. The zero-order valence-corrected chi connectivity index (χ0v) is 10.7. The number of hydrogen-bond donors (Lipinski definition) is 1. The van der Waals surface area contributed by atoms with Gasteiger partial charge in [-0.15, -0.1) is 0 Å². The number of rotatable bonds is 1. The van der Waals surface area contributed by atoms with Crippen molar-refractivity contribution >= 4 is 27.6 Å². The van der Waals surface area contributed by atoms with E-state index in [1.54, 1.807) is 0 Å². The van der Waals surface area contributed by atoms with E-state index in [2.05, 4.69) is 5.32 Å². The van der Waals surface area contributed by atoms with Crippen molar-refractivity contribution in [1.82, 2.24) is 10.2 Å². The minimum atomic E-state index is -3.16. The first kappa shape index (κ1) is 13.0. The van der Waals surface area contributed by atoms with Crippen molar-refractivity contribution < 1.29 is 22.8 Å². The number of imide groups is 1. The van der Waals surface area contributed by atoms with Crippen molar-refractivity contribution in [2.24, 2.45) is 5.92 Å². The molecule has 2 aliphatic heterocycles. The molecule has 0 aromatic rings. The lowest BCUT2D eigenvalue weighted by molar-refractivity contribution is -0.151. The molecule has 0 saturated carbocycles. The Hall–Kier alpha value is -1.44. The van der Waals surface area contributed by atoms with Gasteiger partial charge in [0.15, 0.2) is 9.84 Å². The first-order valence-corrected chi connectivity index (χ1v) is 7.47. The first-order valence-electron chi connectivity index (χ1n) is 5.65. The SMILES string of the molecule is CC1C(=O)NC(=O)CN1C(=O)C1CCS(=O)(=O)C1. The van der Waals surface area contributed by atoms with Crippen LogP contribution in [0.1, 0.15) is 13.3 Å². The molecule has 8 heteroatoms. The van der Waals surface area contributed by atoms with Crippen LogP contribution in [0.4, 0.5) is 0 Å². The van der Waals surface area contributed by atoms with E-state index in [4.69, 9.17) is 0 Å².